The van der Waals surface area contributed by atoms with Crippen LogP contribution < -0.4 is 0 Å². The molecule has 0 amide bonds. The Morgan fingerprint density at radius 1 is 1.21 bits per heavy atom. The van der Waals surface area contributed by atoms with E-state index >= 15 is 0 Å². The Balaban J connectivity index is 0.000000241. The monoisotopic (exact) mass is 192 g/mol. The summed E-state index contributed by atoms with van der Waals surface area (Å²) < 4.78 is 0. The lowest BCUT2D eigenvalue weighted by Crippen LogP contribution is -1.95. The molecule has 0 fully saturated rings. The van der Waals surface area contributed by atoms with Crippen LogP contribution in [0.3, 0.4) is 0 Å². The predicted molar refractivity (Wildman–Crippen MR) is 61.3 cm³/mol. The van der Waals surface area contributed by atoms with Gasteiger partial charge in [0.05, 0.1) is 0 Å². The molecule has 0 N–H and O–H groups in total. The lowest BCUT2D eigenvalue weighted by Gasteiger charge is -1.95. The first-order valence-corrected chi connectivity index (χ1v) is 5.03. The second-order valence-corrected chi connectivity index (χ2v) is 3.95. The van der Waals surface area contributed by atoms with E-state index in [9.17, 15) is 4.79 Å². The second-order valence-electron chi connectivity index (χ2n) is 3.95. The van der Waals surface area contributed by atoms with Crippen LogP contribution in [0.2, 0.25) is 0 Å². The Morgan fingerprint density at radius 3 is 1.86 bits per heavy atom. The normalized spacial score (nSPS) is 9.21. The fourth-order valence-electron chi connectivity index (χ4n) is 1.11. The van der Waals surface area contributed by atoms with Crippen LogP contribution in [0.15, 0.2) is 30.3 Å². The SMILES string of the molecule is CC(=O)CC(C)C.Cc1ccccc1. The molecule has 0 radical (unpaired) electrons. The third kappa shape index (κ3) is 8.98. The molecule has 1 aromatic rings. The van der Waals surface area contributed by atoms with E-state index < -0.39 is 0 Å². The molecule has 0 aliphatic carbocycles. The van der Waals surface area contributed by atoms with Gasteiger partial charge in [-0.1, -0.05) is 49.7 Å². The summed E-state index contributed by atoms with van der Waals surface area (Å²) in [6.45, 7) is 7.79. The van der Waals surface area contributed by atoms with Crippen LogP contribution in [0.5, 0.6) is 0 Å². The molecule has 0 spiro atoms. The maximum absolute atomic E-state index is 10.3. The van der Waals surface area contributed by atoms with E-state index in [2.05, 4.69) is 19.1 Å². The van der Waals surface area contributed by atoms with Crippen LogP contribution in [-0.2, 0) is 4.79 Å². The van der Waals surface area contributed by atoms with Crippen molar-refractivity contribution in [1.29, 1.82) is 0 Å². The van der Waals surface area contributed by atoms with E-state index in [0.717, 1.165) is 6.42 Å². The summed E-state index contributed by atoms with van der Waals surface area (Å²) in [6, 6.07) is 10.3. The van der Waals surface area contributed by atoms with E-state index in [1.807, 2.05) is 32.0 Å². The number of hydrogen-bond donors (Lipinski definition) is 0. The van der Waals surface area contributed by atoms with Gasteiger partial charge in [-0.2, -0.15) is 0 Å². The number of carbonyl (C=O) groups is 1. The first-order chi connectivity index (χ1) is 6.52. The largest absolute Gasteiger partial charge is 0.300 e. The summed E-state index contributed by atoms with van der Waals surface area (Å²) in [7, 11) is 0. The van der Waals surface area contributed by atoms with Crippen molar-refractivity contribution in [3.05, 3.63) is 35.9 Å². The summed E-state index contributed by atoms with van der Waals surface area (Å²) >= 11 is 0. The number of carbonyl (C=O) groups excluding carboxylic acids is 1. The molecule has 0 aromatic heterocycles. The number of Topliss-reactive ketones (excluding diaryl/α,β-unsaturated/α-hetero) is 1. The molecule has 0 unspecified atom stereocenters. The number of rotatable bonds is 2. The summed E-state index contributed by atoms with van der Waals surface area (Å²) in [4.78, 5) is 10.3. The van der Waals surface area contributed by atoms with E-state index in [1.165, 1.54) is 5.56 Å². The highest BCUT2D eigenvalue weighted by Crippen LogP contribution is 1.97. The van der Waals surface area contributed by atoms with Gasteiger partial charge < -0.3 is 4.79 Å². The zero-order valence-corrected chi connectivity index (χ0v) is 9.58. The Hall–Kier alpha value is -1.11. The summed E-state index contributed by atoms with van der Waals surface area (Å²) in [5.41, 5.74) is 1.32. The molecule has 1 rings (SSSR count). The zero-order valence-electron chi connectivity index (χ0n) is 9.58. The molecule has 0 aliphatic rings. The fourth-order valence-corrected chi connectivity index (χ4v) is 1.11. The molecule has 0 bridgehead atoms. The highest BCUT2D eigenvalue weighted by Gasteiger charge is 1.95. The standard InChI is InChI=1S/C7H8.C6H12O/c1-7-5-3-2-4-6-7;1-5(2)4-6(3)7/h2-6H,1H3;5H,4H2,1-3H3. The maximum atomic E-state index is 10.3. The molecule has 0 heterocycles. The van der Waals surface area contributed by atoms with Gasteiger partial charge in [0, 0.05) is 6.42 Å². The number of hydrogen-bond acceptors (Lipinski definition) is 1. The van der Waals surface area contributed by atoms with Crippen molar-refractivity contribution in [1.82, 2.24) is 0 Å². The van der Waals surface area contributed by atoms with Gasteiger partial charge in [-0.05, 0) is 19.8 Å². The molecule has 0 saturated heterocycles. The molecule has 78 valence electrons. The van der Waals surface area contributed by atoms with Gasteiger partial charge in [-0.3, -0.25) is 0 Å². The number of aryl methyl sites for hydroxylation is 1. The maximum Gasteiger partial charge on any atom is 0.130 e. The average Bonchev–Trinajstić information content (AvgIpc) is 2.03. The van der Waals surface area contributed by atoms with E-state index in [0.29, 0.717) is 5.92 Å². The van der Waals surface area contributed by atoms with Crippen LogP contribution in [-0.4, -0.2) is 5.78 Å². The van der Waals surface area contributed by atoms with Crippen molar-refractivity contribution >= 4 is 5.78 Å². The van der Waals surface area contributed by atoms with Gasteiger partial charge in [-0.15, -0.1) is 0 Å². The topological polar surface area (TPSA) is 17.1 Å². The van der Waals surface area contributed by atoms with Crippen molar-refractivity contribution in [2.24, 2.45) is 5.92 Å². The Labute approximate surface area is 87.2 Å². The fraction of sp³-hybridized carbons (Fsp3) is 0.462. The highest BCUT2D eigenvalue weighted by molar-refractivity contribution is 5.75. The van der Waals surface area contributed by atoms with Crippen molar-refractivity contribution in [2.45, 2.75) is 34.1 Å². The Bertz CT molecular complexity index is 249. The highest BCUT2D eigenvalue weighted by atomic mass is 16.1. The Kier molecular flexibility index (Phi) is 6.73. The van der Waals surface area contributed by atoms with Crippen LogP contribution in [0.25, 0.3) is 0 Å². The first kappa shape index (κ1) is 12.9. The lowest BCUT2D eigenvalue weighted by atomic mass is 10.1. The zero-order chi connectivity index (χ0) is 11.0. The van der Waals surface area contributed by atoms with Crippen molar-refractivity contribution < 1.29 is 4.79 Å². The molecule has 14 heavy (non-hydrogen) atoms. The molecular weight excluding hydrogens is 172 g/mol. The number of benzene rings is 1. The summed E-state index contributed by atoms with van der Waals surface area (Å²) in [6.07, 6.45) is 0.722. The average molecular weight is 192 g/mol. The van der Waals surface area contributed by atoms with Gasteiger partial charge in [-0.25, -0.2) is 0 Å². The van der Waals surface area contributed by atoms with Crippen molar-refractivity contribution in [3.63, 3.8) is 0 Å². The van der Waals surface area contributed by atoms with Crippen molar-refractivity contribution in [2.75, 3.05) is 0 Å². The molecule has 0 atom stereocenters. The minimum absolute atomic E-state index is 0.287. The second kappa shape index (κ2) is 7.31. The van der Waals surface area contributed by atoms with Gasteiger partial charge in [0.15, 0.2) is 0 Å². The van der Waals surface area contributed by atoms with Gasteiger partial charge in [0.1, 0.15) is 5.78 Å². The summed E-state index contributed by atoms with van der Waals surface area (Å²) in [5, 5.41) is 0. The van der Waals surface area contributed by atoms with E-state index in [1.54, 1.807) is 6.92 Å². The quantitative estimate of drug-likeness (QED) is 0.699. The van der Waals surface area contributed by atoms with Crippen molar-refractivity contribution in [3.8, 4) is 0 Å². The molecule has 0 saturated carbocycles. The minimum Gasteiger partial charge on any atom is -0.300 e. The minimum atomic E-state index is 0.287. The van der Waals surface area contributed by atoms with Crippen LogP contribution >= 0.6 is 0 Å². The molecule has 0 aliphatic heterocycles. The first-order valence-electron chi connectivity index (χ1n) is 5.03. The van der Waals surface area contributed by atoms with E-state index in [-0.39, 0.29) is 5.78 Å². The molecule has 1 nitrogen and oxygen atoms in total. The number of ketones is 1. The predicted octanol–water partition coefficient (Wildman–Crippen LogP) is 3.62. The van der Waals surface area contributed by atoms with Crippen LogP contribution in [0, 0.1) is 12.8 Å². The lowest BCUT2D eigenvalue weighted by molar-refractivity contribution is -0.117. The van der Waals surface area contributed by atoms with Crippen LogP contribution in [0.4, 0.5) is 0 Å². The van der Waals surface area contributed by atoms with Gasteiger partial charge in [0.25, 0.3) is 0 Å². The molecular formula is C13H20O. The third-order valence-electron chi connectivity index (χ3n) is 1.64. The van der Waals surface area contributed by atoms with Gasteiger partial charge >= 0.3 is 0 Å². The molecule has 1 aromatic carbocycles. The van der Waals surface area contributed by atoms with Crippen LogP contribution in [0.1, 0.15) is 32.8 Å². The summed E-state index contributed by atoms with van der Waals surface area (Å²) in [5.74, 6) is 0.813. The molecule has 1 heteroatoms. The van der Waals surface area contributed by atoms with Gasteiger partial charge in [0.2, 0.25) is 0 Å². The third-order valence-corrected chi connectivity index (χ3v) is 1.64. The van der Waals surface area contributed by atoms with E-state index in [4.69, 9.17) is 0 Å². The Morgan fingerprint density at radius 2 is 1.71 bits per heavy atom. The smallest absolute Gasteiger partial charge is 0.130 e.